The third-order valence-electron chi connectivity index (χ3n) is 1.35. The van der Waals surface area contributed by atoms with E-state index < -0.39 is 11.6 Å². The van der Waals surface area contributed by atoms with Crippen molar-refractivity contribution in [3.63, 3.8) is 0 Å². The van der Waals surface area contributed by atoms with Crippen LogP contribution in [0.4, 0.5) is 13.2 Å². The maximum atomic E-state index is 12.2. The average Bonchev–Trinajstić information content (AvgIpc) is 2.26. The molecule has 0 amide bonds. The molecule has 0 saturated heterocycles. The van der Waals surface area contributed by atoms with Gasteiger partial charge in [0.2, 0.25) is 0 Å². The molecule has 0 N–H and O–H groups in total. The van der Waals surface area contributed by atoms with Crippen LogP contribution in [-0.2, 0) is 0 Å². The highest BCUT2D eigenvalue weighted by molar-refractivity contribution is 9.10. The van der Waals surface area contributed by atoms with Gasteiger partial charge in [0.05, 0.1) is 0 Å². The highest BCUT2D eigenvalue weighted by Crippen LogP contribution is 2.44. The molecule has 0 aliphatic heterocycles. The lowest BCUT2D eigenvalue weighted by Crippen LogP contribution is -2.14. The van der Waals surface area contributed by atoms with Crippen LogP contribution in [-0.4, -0.2) is 6.18 Å². The molecule has 0 spiro atoms. The van der Waals surface area contributed by atoms with Crippen molar-refractivity contribution in [1.82, 2.24) is 0 Å². The molecule has 0 aromatic carbocycles. The number of alkyl halides is 4. The van der Waals surface area contributed by atoms with Gasteiger partial charge in [-0.2, -0.15) is 13.2 Å². The molecule has 13 heavy (non-hydrogen) atoms. The Morgan fingerprint density at radius 3 is 2.38 bits per heavy atom. The summed E-state index contributed by atoms with van der Waals surface area (Å²) in [6.45, 7) is 1.74. The monoisotopic (exact) mass is 292 g/mol. The van der Waals surface area contributed by atoms with E-state index in [1.807, 2.05) is 0 Å². The predicted molar refractivity (Wildman–Crippen MR) is 51.4 cm³/mol. The molecule has 1 aromatic heterocycles. The lowest BCUT2D eigenvalue weighted by molar-refractivity contribution is -0.131. The van der Waals surface area contributed by atoms with Crippen LogP contribution < -0.4 is 0 Å². The van der Waals surface area contributed by atoms with Crippen molar-refractivity contribution in [2.75, 3.05) is 0 Å². The summed E-state index contributed by atoms with van der Waals surface area (Å²) in [5.74, 6) is 0. The summed E-state index contributed by atoms with van der Waals surface area (Å²) in [4.78, 5) is 0.920. The molecule has 1 atom stereocenters. The summed E-state index contributed by atoms with van der Waals surface area (Å²) in [7, 11) is 0. The van der Waals surface area contributed by atoms with E-state index in [0.29, 0.717) is 4.47 Å². The number of hydrogen-bond acceptors (Lipinski definition) is 1. The highest BCUT2D eigenvalue weighted by Gasteiger charge is 2.41. The molecule has 1 rings (SSSR count). The van der Waals surface area contributed by atoms with E-state index >= 15 is 0 Å². The van der Waals surface area contributed by atoms with Crippen molar-refractivity contribution in [2.24, 2.45) is 0 Å². The first-order valence-corrected chi connectivity index (χ1v) is 5.33. The molecular formula is C7H5BrClF3S. The Hall–Kier alpha value is 0.260. The van der Waals surface area contributed by atoms with E-state index in [4.69, 9.17) is 11.6 Å². The Morgan fingerprint density at radius 2 is 2.08 bits per heavy atom. The topological polar surface area (TPSA) is 0 Å². The second-order valence-corrected chi connectivity index (χ2v) is 5.05. The molecular weight excluding hydrogens is 288 g/mol. The summed E-state index contributed by atoms with van der Waals surface area (Å²) < 4.78 is 37.0. The number of thiophene rings is 1. The number of rotatable bonds is 1. The van der Waals surface area contributed by atoms with Crippen molar-refractivity contribution in [2.45, 2.75) is 18.5 Å². The Balaban J connectivity index is 3.01. The van der Waals surface area contributed by atoms with Gasteiger partial charge in [-0.15, -0.1) is 22.9 Å². The average molecular weight is 294 g/mol. The van der Waals surface area contributed by atoms with Gasteiger partial charge in [-0.05, 0) is 28.9 Å². The van der Waals surface area contributed by atoms with Crippen LogP contribution in [0.2, 0.25) is 0 Å². The van der Waals surface area contributed by atoms with Crippen LogP contribution in [0, 0.1) is 6.92 Å². The summed E-state index contributed by atoms with van der Waals surface area (Å²) in [5.41, 5.74) is 0. The Kier molecular flexibility index (Phi) is 3.30. The van der Waals surface area contributed by atoms with Crippen molar-refractivity contribution in [3.8, 4) is 0 Å². The summed E-state index contributed by atoms with van der Waals surface area (Å²) in [6.07, 6.45) is -4.39. The van der Waals surface area contributed by atoms with Crippen LogP contribution in [0.25, 0.3) is 0 Å². The zero-order chi connectivity index (χ0) is 10.2. The van der Waals surface area contributed by atoms with Crippen LogP contribution >= 0.6 is 38.9 Å². The highest BCUT2D eigenvalue weighted by atomic mass is 79.9. The van der Waals surface area contributed by atoms with Crippen LogP contribution in [0.15, 0.2) is 10.5 Å². The molecule has 6 heteroatoms. The lowest BCUT2D eigenvalue weighted by Gasteiger charge is -2.11. The van der Waals surface area contributed by atoms with Crippen molar-refractivity contribution < 1.29 is 13.2 Å². The normalized spacial score (nSPS) is 14.6. The van der Waals surface area contributed by atoms with E-state index in [1.54, 1.807) is 13.0 Å². The van der Waals surface area contributed by atoms with E-state index in [2.05, 4.69) is 15.9 Å². The minimum Gasteiger partial charge on any atom is -0.169 e. The Morgan fingerprint density at radius 1 is 1.54 bits per heavy atom. The first-order chi connectivity index (χ1) is 5.82. The van der Waals surface area contributed by atoms with Gasteiger partial charge in [0.15, 0.2) is 5.38 Å². The fourth-order valence-electron chi connectivity index (χ4n) is 0.823. The second-order valence-electron chi connectivity index (χ2n) is 2.47. The molecule has 0 aliphatic carbocycles. The number of aryl methyl sites for hydroxylation is 1. The third kappa shape index (κ3) is 2.60. The molecule has 0 radical (unpaired) electrons. The standard InChI is InChI=1S/C7H5BrClF3S/c1-3-2-4(8)5(13-3)6(9)7(10,11)12/h2,6H,1H3. The third-order valence-corrected chi connectivity index (χ3v) is 3.98. The fraction of sp³-hybridized carbons (Fsp3) is 0.429. The molecule has 74 valence electrons. The molecule has 0 nitrogen and oxygen atoms in total. The first kappa shape index (κ1) is 11.3. The maximum Gasteiger partial charge on any atom is 0.409 e. The minimum atomic E-state index is -4.39. The zero-order valence-electron chi connectivity index (χ0n) is 6.45. The van der Waals surface area contributed by atoms with Gasteiger partial charge in [-0.1, -0.05) is 0 Å². The van der Waals surface area contributed by atoms with E-state index in [-0.39, 0.29) is 4.88 Å². The van der Waals surface area contributed by atoms with Crippen molar-refractivity contribution in [1.29, 1.82) is 0 Å². The Labute approximate surface area is 90.8 Å². The van der Waals surface area contributed by atoms with Gasteiger partial charge in [-0.25, -0.2) is 0 Å². The van der Waals surface area contributed by atoms with Crippen molar-refractivity contribution >= 4 is 38.9 Å². The van der Waals surface area contributed by atoms with E-state index in [0.717, 1.165) is 16.2 Å². The summed E-state index contributed by atoms with van der Waals surface area (Å²) >= 11 is 9.34. The Bertz CT molecular complexity index is 307. The van der Waals surface area contributed by atoms with Gasteiger partial charge in [0, 0.05) is 14.2 Å². The fourth-order valence-corrected chi connectivity index (χ4v) is 3.09. The smallest absolute Gasteiger partial charge is 0.169 e. The van der Waals surface area contributed by atoms with Crippen molar-refractivity contribution in [3.05, 3.63) is 20.3 Å². The zero-order valence-corrected chi connectivity index (χ0v) is 9.61. The van der Waals surface area contributed by atoms with E-state index in [1.165, 1.54) is 0 Å². The van der Waals surface area contributed by atoms with Gasteiger partial charge >= 0.3 is 6.18 Å². The number of halogens is 5. The molecule has 0 aliphatic rings. The lowest BCUT2D eigenvalue weighted by atomic mass is 10.3. The molecule has 0 fully saturated rings. The largest absolute Gasteiger partial charge is 0.409 e. The van der Waals surface area contributed by atoms with Gasteiger partial charge in [0.25, 0.3) is 0 Å². The van der Waals surface area contributed by atoms with Crippen LogP contribution in [0.5, 0.6) is 0 Å². The van der Waals surface area contributed by atoms with Gasteiger partial charge < -0.3 is 0 Å². The summed E-state index contributed by atoms with van der Waals surface area (Å²) in [6, 6.07) is 1.63. The molecule has 0 bridgehead atoms. The minimum absolute atomic E-state index is 0.117. The van der Waals surface area contributed by atoms with Crippen LogP contribution in [0.3, 0.4) is 0 Å². The number of hydrogen-bond donors (Lipinski definition) is 0. The van der Waals surface area contributed by atoms with Crippen LogP contribution in [0.1, 0.15) is 15.1 Å². The van der Waals surface area contributed by atoms with E-state index in [9.17, 15) is 13.2 Å². The van der Waals surface area contributed by atoms with Gasteiger partial charge in [-0.3, -0.25) is 0 Å². The second kappa shape index (κ2) is 3.79. The SMILES string of the molecule is Cc1cc(Br)c(C(Cl)C(F)(F)F)s1. The maximum absolute atomic E-state index is 12.2. The molecule has 0 saturated carbocycles. The predicted octanol–water partition coefficient (Wildman–Crippen LogP) is 4.66. The molecule has 1 unspecified atom stereocenters. The van der Waals surface area contributed by atoms with Gasteiger partial charge in [0.1, 0.15) is 0 Å². The first-order valence-electron chi connectivity index (χ1n) is 3.29. The quantitative estimate of drug-likeness (QED) is 0.661. The summed E-state index contributed by atoms with van der Waals surface area (Å²) in [5, 5.41) is -1.92. The molecule has 1 aromatic rings. The molecule has 1 heterocycles.